The summed E-state index contributed by atoms with van der Waals surface area (Å²) in [6.07, 6.45) is 7.51. The van der Waals surface area contributed by atoms with Gasteiger partial charge in [-0.25, -0.2) is 0 Å². The van der Waals surface area contributed by atoms with Gasteiger partial charge in [0.2, 0.25) is 5.91 Å². The molecule has 0 bridgehead atoms. The van der Waals surface area contributed by atoms with E-state index in [1.54, 1.807) is 0 Å². The molecule has 1 amide bonds. The zero-order valence-electron chi connectivity index (χ0n) is 16.1. The smallest absolute Gasteiger partial charge is 0.224 e. The molecule has 148 valence electrons. The lowest BCUT2D eigenvalue weighted by Gasteiger charge is -2.31. The first kappa shape index (κ1) is 18.7. The molecule has 6 nitrogen and oxygen atoms in total. The molecule has 0 spiro atoms. The number of benzene rings is 1. The van der Waals surface area contributed by atoms with Gasteiger partial charge < -0.3 is 14.8 Å². The van der Waals surface area contributed by atoms with E-state index in [2.05, 4.69) is 27.3 Å². The Kier molecular flexibility index (Phi) is 6.07. The lowest BCUT2D eigenvalue weighted by molar-refractivity contribution is -0.116. The fourth-order valence-corrected chi connectivity index (χ4v) is 3.86. The van der Waals surface area contributed by atoms with Crippen molar-refractivity contribution in [3.63, 3.8) is 0 Å². The molecule has 0 saturated carbocycles. The Bertz CT molecular complexity index is 789. The van der Waals surface area contributed by atoms with E-state index in [0.717, 1.165) is 50.3 Å². The summed E-state index contributed by atoms with van der Waals surface area (Å²) in [6, 6.07) is 9.71. The van der Waals surface area contributed by atoms with Crippen LogP contribution in [0.2, 0.25) is 0 Å². The molecule has 1 saturated heterocycles. The molecule has 1 aromatic carbocycles. The van der Waals surface area contributed by atoms with E-state index < -0.39 is 0 Å². The van der Waals surface area contributed by atoms with Crippen molar-refractivity contribution in [3.05, 3.63) is 48.3 Å². The van der Waals surface area contributed by atoms with E-state index >= 15 is 0 Å². The molecule has 0 unspecified atom stereocenters. The zero-order valence-corrected chi connectivity index (χ0v) is 16.1. The predicted octanol–water partition coefficient (Wildman–Crippen LogP) is 3.48. The van der Waals surface area contributed by atoms with Gasteiger partial charge in [0.15, 0.2) is 11.5 Å². The van der Waals surface area contributed by atoms with Crippen LogP contribution in [0.4, 0.5) is 5.69 Å². The van der Waals surface area contributed by atoms with Gasteiger partial charge in [-0.3, -0.25) is 14.7 Å². The summed E-state index contributed by atoms with van der Waals surface area (Å²) in [4.78, 5) is 18.9. The number of piperidine rings is 1. The van der Waals surface area contributed by atoms with Crippen LogP contribution in [0.3, 0.4) is 0 Å². The quantitative estimate of drug-likeness (QED) is 0.830. The molecule has 2 aliphatic heterocycles. The molecule has 4 rings (SSSR count). The van der Waals surface area contributed by atoms with Gasteiger partial charge in [-0.15, -0.1) is 0 Å². The average Bonchev–Trinajstić information content (AvgIpc) is 2.74. The van der Waals surface area contributed by atoms with Crippen LogP contribution in [0.1, 0.15) is 31.2 Å². The zero-order chi connectivity index (χ0) is 19.2. The van der Waals surface area contributed by atoms with Crippen molar-refractivity contribution in [1.82, 2.24) is 9.88 Å². The number of carbonyl (C=O) groups excluding carboxylic acids is 1. The highest BCUT2D eigenvalue weighted by atomic mass is 16.6. The van der Waals surface area contributed by atoms with Crippen LogP contribution >= 0.6 is 0 Å². The molecule has 0 aliphatic carbocycles. The van der Waals surface area contributed by atoms with Crippen molar-refractivity contribution in [3.8, 4) is 11.5 Å². The number of likely N-dealkylation sites (tertiary alicyclic amines) is 1. The van der Waals surface area contributed by atoms with Gasteiger partial charge in [0.05, 0.1) is 0 Å². The van der Waals surface area contributed by atoms with E-state index in [0.29, 0.717) is 31.3 Å². The van der Waals surface area contributed by atoms with Crippen molar-refractivity contribution in [2.24, 2.45) is 5.92 Å². The Balaban J connectivity index is 1.18. The van der Waals surface area contributed by atoms with Crippen LogP contribution < -0.4 is 14.8 Å². The van der Waals surface area contributed by atoms with E-state index in [-0.39, 0.29) is 5.91 Å². The van der Waals surface area contributed by atoms with Crippen LogP contribution in [-0.4, -0.2) is 42.1 Å². The van der Waals surface area contributed by atoms with Crippen LogP contribution in [0, 0.1) is 5.92 Å². The molecule has 1 aromatic heterocycles. The first-order chi connectivity index (χ1) is 13.8. The number of nitrogens with one attached hydrogen (secondary N) is 1. The maximum absolute atomic E-state index is 12.3. The first-order valence-corrected chi connectivity index (χ1v) is 10.1. The normalized spacial score (nSPS) is 17.3. The molecular formula is C22H27N3O3. The van der Waals surface area contributed by atoms with Gasteiger partial charge >= 0.3 is 0 Å². The summed E-state index contributed by atoms with van der Waals surface area (Å²) in [6.45, 7) is 4.29. The fraction of sp³-hybridized carbons (Fsp3) is 0.455. The number of hydrogen-bond donors (Lipinski definition) is 1. The van der Waals surface area contributed by atoms with E-state index in [1.807, 2.05) is 30.6 Å². The third-order valence-corrected chi connectivity index (χ3v) is 5.47. The minimum Gasteiger partial charge on any atom is -0.486 e. The average molecular weight is 381 g/mol. The third-order valence-electron chi connectivity index (χ3n) is 5.47. The highest BCUT2D eigenvalue weighted by molar-refractivity contribution is 5.91. The summed E-state index contributed by atoms with van der Waals surface area (Å²) in [5.41, 5.74) is 2.08. The van der Waals surface area contributed by atoms with Crippen LogP contribution in [-0.2, 0) is 11.3 Å². The van der Waals surface area contributed by atoms with Gasteiger partial charge in [0.25, 0.3) is 0 Å². The molecule has 1 N–H and O–H groups in total. The van der Waals surface area contributed by atoms with Gasteiger partial charge in [-0.2, -0.15) is 0 Å². The molecule has 1 fully saturated rings. The number of pyridine rings is 1. The summed E-state index contributed by atoms with van der Waals surface area (Å²) in [7, 11) is 0. The first-order valence-electron chi connectivity index (χ1n) is 10.1. The van der Waals surface area contributed by atoms with Gasteiger partial charge in [-0.1, -0.05) is 0 Å². The largest absolute Gasteiger partial charge is 0.486 e. The third kappa shape index (κ3) is 5.01. The highest BCUT2D eigenvalue weighted by Gasteiger charge is 2.20. The number of ether oxygens (including phenoxy) is 2. The van der Waals surface area contributed by atoms with Gasteiger partial charge in [0.1, 0.15) is 13.2 Å². The Labute approximate surface area is 165 Å². The molecule has 2 aliphatic rings. The maximum atomic E-state index is 12.3. The van der Waals surface area contributed by atoms with Crippen LogP contribution in [0.25, 0.3) is 0 Å². The highest BCUT2D eigenvalue weighted by Crippen LogP contribution is 2.32. The van der Waals surface area contributed by atoms with Gasteiger partial charge in [0, 0.05) is 37.1 Å². The van der Waals surface area contributed by atoms with E-state index in [9.17, 15) is 4.79 Å². The minimum absolute atomic E-state index is 0.0656. The molecule has 2 aromatic rings. The molecule has 3 heterocycles. The molecule has 6 heteroatoms. The second-order valence-electron chi connectivity index (χ2n) is 7.52. The Morgan fingerprint density at radius 2 is 1.82 bits per heavy atom. The maximum Gasteiger partial charge on any atom is 0.224 e. The number of rotatable bonds is 6. The van der Waals surface area contributed by atoms with Crippen molar-refractivity contribution >= 4 is 11.6 Å². The Morgan fingerprint density at radius 1 is 1.07 bits per heavy atom. The lowest BCUT2D eigenvalue weighted by atomic mass is 9.92. The van der Waals surface area contributed by atoms with Gasteiger partial charge in [-0.05, 0) is 68.1 Å². The van der Waals surface area contributed by atoms with Crippen molar-refractivity contribution in [1.29, 1.82) is 0 Å². The van der Waals surface area contributed by atoms with Crippen LogP contribution in [0.15, 0.2) is 42.7 Å². The Hall–Kier alpha value is -2.60. The minimum atomic E-state index is 0.0656. The number of carbonyl (C=O) groups is 1. The summed E-state index contributed by atoms with van der Waals surface area (Å²) in [5, 5.41) is 2.98. The second kappa shape index (κ2) is 9.06. The SMILES string of the molecule is O=C(CCC1CCN(Cc2ccncc2)CC1)Nc1ccc2c(c1)OCCO2. The standard InChI is InChI=1S/C22H27N3O3/c26-22(24-19-2-3-20-21(15-19)28-14-13-27-20)4-1-17-7-11-25(12-8-17)16-18-5-9-23-10-6-18/h2-3,5-6,9-10,15,17H,1,4,7-8,11-14,16H2,(H,24,26). The van der Waals surface area contributed by atoms with E-state index in [4.69, 9.17) is 9.47 Å². The Morgan fingerprint density at radius 3 is 2.61 bits per heavy atom. The van der Waals surface area contributed by atoms with E-state index in [1.165, 1.54) is 5.56 Å². The van der Waals surface area contributed by atoms with Crippen LogP contribution in [0.5, 0.6) is 11.5 Å². The molecule has 0 atom stereocenters. The number of nitrogens with zero attached hydrogens (tertiary/aromatic N) is 2. The molecular weight excluding hydrogens is 354 g/mol. The van der Waals surface area contributed by atoms with Crippen molar-refractivity contribution in [2.75, 3.05) is 31.6 Å². The molecule has 28 heavy (non-hydrogen) atoms. The summed E-state index contributed by atoms with van der Waals surface area (Å²) < 4.78 is 11.1. The topological polar surface area (TPSA) is 63.7 Å². The number of aromatic nitrogens is 1. The second-order valence-corrected chi connectivity index (χ2v) is 7.52. The number of anilines is 1. The van der Waals surface area contributed by atoms with Crippen molar-refractivity contribution < 1.29 is 14.3 Å². The summed E-state index contributed by atoms with van der Waals surface area (Å²) in [5.74, 6) is 2.13. The fourth-order valence-electron chi connectivity index (χ4n) is 3.86. The number of amides is 1. The lowest BCUT2D eigenvalue weighted by Crippen LogP contribution is -2.33. The molecule has 0 radical (unpaired) electrons. The van der Waals surface area contributed by atoms with Crippen molar-refractivity contribution in [2.45, 2.75) is 32.2 Å². The predicted molar refractivity (Wildman–Crippen MR) is 108 cm³/mol. The summed E-state index contributed by atoms with van der Waals surface area (Å²) >= 11 is 0. The number of hydrogen-bond acceptors (Lipinski definition) is 5. The monoisotopic (exact) mass is 381 g/mol. The number of fused-ring (bicyclic) bond motifs is 1.